The summed E-state index contributed by atoms with van der Waals surface area (Å²) in [4.78, 5) is 31.2. The molecule has 174 valence electrons. The van der Waals surface area contributed by atoms with Gasteiger partial charge in [-0.25, -0.2) is 9.37 Å². The third-order valence-electron chi connectivity index (χ3n) is 6.15. The predicted molar refractivity (Wildman–Crippen MR) is 124 cm³/mol. The zero-order valence-electron chi connectivity index (χ0n) is 18.7. The fraction of sp³-hybridized carbons (Fsp3) is 0.280. The molecule has 0 aliphatic carbocycles. The van der Waals surface area contributed by atoms with E-state index in [2.05, 4.69) is 5.32 Å². The van der Waals surface area contributed by atoms with Gasteiger partial charge in [0.1, 0.15) is 22.6 Å². The molecule has 0 radical (unpaired) electrons. The Morgan fingerprint density at radius 3 is 2.79 bits per heavy atom. The van der Waals surface area contributed by atoms with Crippen LogP contribution in [0.25, 0.3) is 16.7 Å². The first-order valence-corrected chi connectivity index (χ1v) is 11.2. The summed E-state index contributed by atoms with van der Waals surface area (Å²) in [5.74, 6) is -0.852. The molecule has 9 heteroatoms. The van der Waals surface area contributed by atoms with Crippen molar-refractivity contribution in [2.75, 3.05) is 6.61 Å². The lowest BCUT2D eigenvalue weighted by molar-refractivity contribution is 0.0931. The molecule has 4 heterocycles. The minimum atomic E-state index is -0.494. The molecule has 1 fully saturated rings. The highest BCUT2D eigenvalue weighted by molar-refractivity contribution is 5.96. The number of carbonyl (C=O) groups excluding carboxylic acids is 1. The molecule has 5 rings (SSSR count). The van der Waals surface area contributed by atoms with Crippen LogP contribution < -0.4 is 16.4 Å². The molecule has 1 saturated heterocycles. The normalized spacial score (nSPS) is 15.8. The lowest BCUT2D eigenvalue weighted by atomic mass is 10.1. The van der Waals surface area contributed by atoms with Crippen molar-refractivity contribution in [1.29, 1.82) is 5.41 Å². The molecule has 8 nitrogen and oxygen atoms in total. The first-order chi connectivity index (χ1) is 16.4. The van der Waals surface area contributed by atoms with E-state index >= 15 is 0 Å². The van der Waals surface area contributed by atoms with Crippen molar-refractivity contribution in [3.8, 4) is 0 Å². The Morgan fingerprint density at radius 1 is 1.26 bits per heavy atom. The molecule has 3 aromatic heterocycles. The summed E-state index contributed by atoms with van der Waals surface area (Å²) in [5.41, 5.74) is 2.14. The van der Waals surface area contributed by atoms with Crippen LogP contribution in [0.5, 0.6) is 0 Å². The summed E-state index contributed by atoms with van der Waals surface area (Å²) in [6, 6.07) is 10.9. The molecule has 1 aliphatic rings. The summed E-state index contributed by atoms with van der Waals surface area (Å²) in [5, 5.41) is 11.8. The number of hydrogen-bond acceptors (Lipinski definition) is 5. The van der Waals surface area contributed by atoms with Gasteiger partial charge in [-0.2, -0.15) is 0 Å². The van der Waals surface area contributed by atoms with Crippen LogP contribution in [0.2, 0.25) is 0 Å². The van der Waals surface area contributed by atoms with Crippen molar-refractivity contribution in [1.82, 2.24) is 19.3 Å². The highest BCUT2D eigenvalue weighted by atomic mass is 19.1. The summed E-state index contributed by atoms with van der Waals surface area (Å²) >= 11 is 0. The average Bonchev–Trinajstić information content (AvgIpc) is 3.34. The number of aryl methyl sites for hydroxylation is 1. The van der Waals surface area contributed by atoms with Gasteiger partial charge in [0.15, 0.2) is 0 Å². The third-order valence-corrected chi connectivity index (χ3v) is 6.15. The SMILES string of the molecule is Cc1cccn2c(=O)c3cc(C(=O)NCc4ccc(F)cc4)c(=N)n(C[C@H]4CCCO4)c3nc12. The number of nitrogens with one attached hydrogen (secondary N) is 2. The largest absolute Gasteiger partial charge is 0.376 e. The predicted octanol–water partition coefficient (Wildman–Crippen LogP) is 2.69. The molecule has 34 heavy (non-hydrogen) atoms. The van der Waals surface area contributed by atoms with Gasteiger partial charge in [-0.1, -0.05) is 18.2 Å². The number of amides is 1. The first kappa shape index (κ1) is 22.0. The van der Waals surface area contributed by atoms with E-state index in [1.54, 1.807) is 29.0 Å². The molecule has 2 N–H and O–H groups in total. The Labute approximate surface area is 194 Å². The Morgan fingerprint density at radius 2 is 2.06 bits per heavy atom. The lowest BCUT2D eigenvalue weighted by Gasteiger charge is -2.18. The maximum Gasteiger partial charge on any atom is 0.267 e. The number of rotatable bonds is 5. The standard InChI is InChI=1S/C25H24FN5O3/c1-15-4-2-10-30-22(15)29-23-20(25(30)33)12-19(21(27)31(23)14-18-5-3-11-34-18)24(32)28-13-16-6-8-17(26)9-7-16/h2,4,6-10,12,18,27H,3,5,11,13-14H2,1H3,(H,28,32)/t18-/m1/s1. The molecule has 1 atom stereocenters. The number of carbonyl (C=O) groups is 1. The fourth-order valence-corrected chi connectivity index (χ4v) is 4.32. The van der Waals surface area contributed by atoms with Crippen molar-refractivity contribution < 1.29 is 13.9 Å². The van der Waals surface area contributed by atoms with Crippen molar-refractivity contribution in [3.05, 3.63) is 87.0 Å². The maximum absolute atomic E-state index is 13.4. The van der Waals surface area contributed by atoms with Crippen molar-refractivity contribution >= 4 is 22.6 Å². The quantitative estimate of drug-likeness (QED) is 0.446. The van der Waals surface area contributed by atoms with Gasteiger partial charge >= 0.3 is 0 Å². The van der Waals surface area contributed by atoms with Gasteiger partial charge in [0.2, 0.25) is 0 Å². The Kier molecular flexibility index (Phi) is 5.70. The summed E-state index contributed by atoms with van der Waals surface area (Å²) in [7, 11) is 0. The first-order valence-electron chi connectivity index (χ1n) is 11.2. The van der Waals surface area contributed by atoms with Crippen LogP contribution in [0, 0.1) is 18.2 Å². The number of halogens is 1. The highest BCUT2D eigenvalue weighted by Gasteiger charge is 2.22. The summed E-state index contributed by atoms with van der Waals surface area (Å²) in [6.45, 7) is 3.00. The molecular formula is C25H24FN5O3. The van der Waals surface area contributed by atoms with Crippen LogP contribution in [-0.4, -0.2) is 32.6 Å². The molecule has 1 amide bonds. The van der Waals surface area contributed by atoms with E-state index in [0.717, 1.165) is 24.0 Å². The molecule has 0 saturated carbocycles. The Bertz CT molecular complexity index is 1520. The van der Waals surface area contributed by atoms with Crippen LogP contribution >= 0.6 is 0 Å². The molecular weight excluding hydrogens is 437 g/mol. The highest BCUT2D eigenvalue weighted by Crippen LogP contribution is 2.17. The number of nitrogens with zero attached hydrogens (tertiary/aromatic N) is 3. The number of pyridine rings is 2. The van der Waals surface area contributed by atoms with Crippen molar-refractivity contribution in [2.24, 2.45) is 0 Å². The van der Waals surface area contributed by atoms with Crippen molar-refractivity contribution in [2.45, 2.75) is 39.0 Å². The number of hydrogen-bond donors (Lipinski definition) is 2. The average molecular weight is 461 g/mol. The van der Waals surface area contributed by atoms with Gasteiger partial charge < -0.3 is 14.6 Å². The zero-order valence-corrected chi connectivity index (χ0v) is 18.7. The van der Waals surface area contributed by atoms with Gasteiger partial charge in [0.25, 0.3) is 11.5 Å². The molecule has 0 bridgehead atoms. The van der Waals surface area contributed by atoms with E-state index in [1.165, 1.54) is 22.6 Å². The number of fused-ring (bicyclic) bond motifs is 2. The summed E-state index contributed by atoms with van der Waals surface area (Å²) < 4.78 is 22.0. The van der Waals surface area contributed by atoms with Crippen LogP contribution in [0.15, 0.2) is 53.5 Å². The molecule has 0 spiro atoms. The zero-order chi connectivity index (χ0) is 23.8. The number of ether oxygens (including phenoxy) is 1. The van der Waals surface area contributed by atoms with Crippen LogP contribution in [0.1, 0.15) is 34.3 Å². The van der Waals surface area contributed by atoms with Crippen LogP contribution in [-0.2, 0) is 17.8 Å². The minimum absolute atomic E-state index is 0.0376. The van der Waals surface area contributed by atoms with E-state index in [1.807, 2.05) is 13.0 Å². The Balaban J connectivity index is 1.63. The topological polar surface area (TPSA) is 101 Å². The smallest absolute Gasteiger partial charge is 0.267 e. The minimum Gasteiger partial charge on any atom is -0.376 e. The Hall–Kier alpha value is -3.85. The molecule has 1 aliphatic heterocycles. The van der Waals surface area contributed by atoms with Gasteiger partial charge in [0, 0.05) is 19.3 Å². The van der Waals surface area contributed by atoms with E-state index < -0.39 is 5.91 Å². The number of benzene rings is 1. The van der Waals surface area contributed by atoms with Gasteiger partial charge in [-0.15, -0.1) is 0 Å². The van der Waals surface area contributed by atoms with E-state index in [4.69, 9.17) is 15.1 Å². The van der Waals surface area contributed by atoms with E-state index in [-0.39, 0.29) is 40.5 Å². The van der Waals surface area contributed by atoms with Crippen LogP contribution in [0.3, 0.4) is 0 Å². The number of aromatic nitrogens is 3. The second kappa shape index (κ2) is 8.83. The van der Waals surface area contributed by atoms with E-state index in [9.17, 15) is 14.0 Å². The van der Waals surface area contributed by atoms with Crippen LogP contribution in [0.4, 0.5) is 4.39 Å². The monoisotopic (exact) mass is 461 g/mol. The van der Waals surface area contributed by atoms with E-state index in [0.29, 0.717) is 24.4 Å². The fourth-order valence-electron chi connectivity index (χ4n) is 4.32. The second-order valence-corrected chi connectivity index (χ2v) is 8.50. The lowest BCUT2D eigenvalue weighted by Crippen LogP contribution is -2.36. The van der Waals surface area contributed by atoms with Gasteiger partial charge in [0.05, 0.1) is 23.6 Å². The molecule has 1 aromatic carbocycles. The second-order valence-electron chi connectivity index (χ2n) is 8.50. The molecule has 4 aromatic rings. The van der Waals surface area contributed by atoms with Crippen molar-refractivity contribution in [3.63, 3.8) is 0 Å². The maximum atomic E-state index is 13.4. The van der Waals surface area contributed by atoms with Gasteiger partial charge in [-0.05, 0) is 55.2 Å². The molecule has 0 unspecified atom stereocenters. The van der Waals surface area contributed by atoms with Gasteiger partial charge in [-0.3, -0.25) is 19.4 Å². The summed E-state index contributed by atoms with van der Waals surface area (Å²) in [6.07, 6.45) is 3.28. The third kappa shape index (κ3) is 3.99.